The number of ether oxygens (including phenoxy) is 1. The summed E-state index contributed by atoms with van der Waals surface area (Å²) in [6.45, 7) is 3.09. The van der Waals surface area contributed by atoms with Crippen LogP contribution in [0.25, 0.3) is 0 Å². The van der Waals surface area contributed by atoms with Gasteiger partial charge in [0.25, 0.3) is 5.91 Å². The van der Waals surface area contributed by atoms with Crippen LogP contribution in [0.4, 0.5) is 0 Å². The van der Waals surface area contributed by atoms with Crippen molar-refractivity contribution in [2.75, 3.05) is 20.3 Å². The maximum absolute atomic E-state index is 12.4. The SMILES string of the molecule is CCCN1Cc2c(OC)cc(O)c(CCO)c2C1=O. The quantitative estimate of drug-likeness (QED) is 0.842. The van der Waals surface area contributed by atoms with Gasteiger partial charge in [-0.3, -0.25) is 4.79 Å². The minimum atomic E-state index is -0.104. The van der Waals surface area contributed by atoms with E-state index in [-0.39, 0.29) is 24.7 Å². The van der Waals surface area contributed by atoms with Crippen molar-refractivity contribution in [3.63, 3.8) is 0 Å². The van der Waals surface area contributed by atoms with Crippen molar-refractivity contribution in [1.29, 1.82) is 0 Å². The van der Waals surface area contributed by atoms with Gasteiger partial charge in [-0.1, -0.05) is 6.92 Å². The lowest BCUT2D eigenvalue weighted by Crippen LogP contribution is -2.25. The van der Waals surface area contributed by atoms with E-state index in [1.165, 1.54) is 13.2 Å². The van der Waals surface area contributed by atoms with Gasteiger partial charge in [0, 0.05) is 30.3 Å². The standard InChI is InChI=1S/C14H19NO4/c1-3-5-15-8-10-12(19-2)7-11(17)9(4-6-16)13(10)14(15)18/h7,16-17H,3-6,8H2,1-2H3. The van der Waals surface area contributed by atoms with Gasteiger partial charge in [0.2, 0.25) is 0 Å². The number of carbonyl (C=O) groups is 1. The van der Waals surface area contributed by atoms with E-state index in [9.17, 15) is 9.90 Å². The van der Waals surface area contributed by atoms with Crippen molar-refractivity contribution < 1.29 is 19.7 Å². The Morgan fingerprint density at radius 3 is 2.79 bits per heavy atom. The van der Waals surface area contributed by atoms with Crippen molar-refractivity contribution >= 4 is 5.91 Å². The zero-order chi connectivity index (χ0) is 14.0. The highest BCUT2D eigenvalue weighted by Gasteiger charge is 2.33. The number of fused-ring (bicyclic) bond motifs is 1. The minimum absolute atomic E-state index is 0.0105. The van der Waals surface area contributed by atoms with Crippen LogP contribution in [0, 0.1) is 0 Å². The molecule has 0 spiro atoms. The van der Waals surface area contributed by atoms with E-state index >= 15 is 0 Å². The number of aliphatic hydroxyl groups is 1. The Kier molecular flexibility index (Phi) is 3.95. The summed E-state index contributed by atoms with van der Waals surface area (Å²) in [6.07, 6.45) is 1.15. The Bertz CT molecular complexity index is 499. The molecule has 1 aromatic carbocycles. The van der Waals surface area contributed by atoms with Crippen LogP contribution in [0.5, 0.6) is 11.5 Å². The molecule has 0 saturated carbocycles. The lowest BCUT2D eigenvalue weighted by atomic mass is 9.98. The van der Waals surface area contributed by atoms with Gasteiger partial charge in [0.15, 0.2) is 0 Å². The van der Waals surface area contributed by atoms with Crippen LogP contribution in [0.3, 0.4) is 0 Å². The lowest BCUT2D eigenvalue weighted by molar-refractivity contribution is 0.0777. The molecule has 5 nitrogen and oxygen atoms in total. The van der Waals surface area contributed by atoms with E-state index in [1.807, 2.05) is 6.92 Å². The summed E-state index contributed by atoms with van der Waals surface area (Å²) in [7, 11) is 1.52. The molecule has 104 valence electrons. The highest BCUT2D eigenvalue weighted by atomic mass is 16.5. The van der Waals surface area contributed by atoms with Crippen molar-refractivity contribution in [1.82, 2.24) is 4.90 Å². The monoisotopic (exact) mass is 265 g/mol. The second-order valence-electron chi connectivity index (χ2n) is 4.63. The average Bonchev–Trinajstić information content (AvgIpc) is 2.71. The molecule has 1 aliphatic heterocycles. The van der Waals surface area contributed by atoms with E-state index in [2.05, 4.69) is 0 Å². The van der Waals surface area contributed by atoms with Crippen molar-refractivity contribution in [3.05, 3.63) is 22.8 Å². The molecule has 0 aliphatic carbocycles. The molecule has 0 bridgehead atoms. The maximum atomic E-state index is 12.4. The van der Waals surface area contributed by atoms with E-state index < -0.39 is 0 Å². The highest BCUT2D eigenvalue weighted by Crippen LogP contribution is 2.38. The number of methoxy groups -OCH3 is 1. The topological polar surface area (TPSA) is 70.0 Å². The summed E-state index contributed by atoms with van der Waals surface area (Å²) in [6, 6.07) is 1.52. The first kappa shape index (κ1) is 13.7. The molecule has 0 fully saturated rings. The van der Waals surface area contributed by atoms with Gasteiger partial charge in [-0.25, -0.2) is 0 Å². The molecule has 1 heterocycles. The molecule has 19 heavy (non-hydrogen) atoms. The van der Waals surface area contributed by atoms with Gasteiger partial charge in [-0.05, 0) is 12.8 Å². The van der Waals surface area contributed by atoms with Crippen LogP contribution in [0.2, 0.25) is 0 Å². The van der Waals surface area contributed by atoms with Gasteiger partial charge in [-0.2, -0.15) is 0 Å². The second kappa shape index (κ2) is 5.48. The third-order valence-corrected chi connectivity index (χ3v) is 3.40. The molecule has 0 atom stereocenters. The lowest BCUT2D eigenvalue weighted by Gasteiger charge is -2.13. The van der Waals surface area contributed by atoms with Gasteiger partial charge >= 0.3 is 0 Å². The van der Waals surface area contributed by atoms with Crippen molar-refractivity contribution in [2.24, 2.45) is 0 Å². The number of hydrogen-bond donors (Lipinski definition) is 2. The maximum Gasteiger partial charge on any atom is 0.255 e. The molecule has 0 radical (unpaired) electrons. The van der Waals surface area contributed by atoms with Crippen LogP contribution in [0.15, 0.2) is 6.07 Å². The number of nitrogens with zero attached hydrogens (tertiary/aromatic N) is 1. The van der Waals surface area contributed by atoms with Crippen LogP contribution in [-0.4, -0.2) is 41.3 Å². The largest absolute Gasteiger partial charge is 0.508 e. The molecule has 1 amide bonds. The summed E-state index contributed by atoms with van der Waals surface area (Å²) in [4.78, 5) is 14.1. The first-order valence-corrected chi connectivity index (χ1v) is 6.45. The fraction of sp³-hybridized carbons (Fsp3) is 0.500. The molecular weight excluding hydrogens is 246 g/mol. The summed E-state index contributed by atoms with van der Waals surface area (Å²) < 4.78 is 5.24. The van der Waals surface area contributed by atoms with Crippen LogP contribution in [0.1, 0.15) is 34.8 Å². The minimum Gasteiger partial charge on any atom is -0.508 e. The molecule has 1 aliphatic rings. The molecule has 5 heteroatoms. The second-order valence-corrected chi connectivity index (χ2v) is 4.63. The Morgan fingerprint density at radius 1 is 1.47 bits per heavy atom. The fourth-order valence-electron chi connectivity index (χ4n) is 2.57. The number of amides is 1. The Morgan fingerprint density at radius 2 is 2.21 bits per heavy atom. The van der Waals surface area contributed by atoms with Gasteiger partial charge in [0.1, 0.15) is 11.5 Å². The number of rotatable bonds is 5. The zero-order valence-corrected chi connectivity index (χ0v) is 11.3. The number of benzene rings is 1. The molecular formula is C14H19NO4. The van der Waals surface area contributed by atoms with Crippen molar-refractivity contribution in [2.45, 2.75) is 26.3 Å². The smallest absolute Gasteiger partial charge is 0.255 e. The number of phenolic OH excluding ortho intramolecular Hbond substituents is 1. The third-order valence-electron chi connectivity index (χ3n) is 3.40. The van der Waals surface area contributed by atoms with E-state index in [0.717, 1.165) is 12.0 Å². The van der Waals surface area contributed by atoms with E-state index in [4.69, 9.17) is 9.84 Å². The molecule has 1 aromatic rings. The first-order valence-electron chi connectivity index (χ1n) is 6.45. The van der Waals surface area contributed by atoms with E-state index in [0.29, 0.717) is 30.0 Å². The number of aromatic hydroxyl groups is 1. The summed E-state index contributed by atoms with van der Waals surface area (Å²) >= 11 is 0. The highest BCUT2D eigenvalue weighted by molar-refractivity contribution is 6.01. The number of hydrogen-bond acceptors (Lipinski definition) is 4. The Balaban J connectivity index is 2.53. The normalized spacial score (nSPS) is 13.8. The molecule has 0 unspecified atom stereocenters. The Hall–Kier alpha value is -1.75. The Labute approximate surface area is 112 Å². The van der Waals surface area contributed by atoms with E-state index in [1.54, 1.807) is 4.90 Å². The number of aliphatic hydroxyl groups excluding tert-OH is 1. The molecule has 0 aromatic heterocycles. The van der Waals surface area contributed by atoms with Gasteiger partial charge in [-0.15, -0.1) is 0 Å². The van der Waals surface area contributed by atoms with Crippen molar-refractivity contribution in [3.8, 4) is 11.5 Å². The zero-order valence-electron chi connectivity index (χ0n) is 11.3. The molecule has 2 N–H and O–H groups in total. The van der Waals surface area contributed by atoms with Gasteiger partial charge < -0.3 is 19.8 Å². The first-order chi connectivity index (χ1) is 9.13. The number of carbonyl (C=O) groups excluding carboxylic acids is 1. The third kappa shape index (κ3) is 2.26. The van der Waals surface area contributed by atoms with Crippen LogP contribution in [-0.2, 0) is 13.0 Å². The fourth-order valence-corrected chi connectivity index (χ4v) is 2.57. The van der Waals surface area contributed by atoms with Crippen LogP contribution < -0.4 is 4.74 Å². The molecule has 2 rings (SSSR count). The predicted molar refractivity (Wildman–Crippen MR) is 70.5 cm³/mol. The van der Waals surface area contributed by atoms with Crippen LogP contribution >= 0.6 is 0 Å². The summed E-state index contributed by atoms with van der Waals surface area (Å²) in [5, 5.41) is 19.1. The molecule has 0 saturated heterocycles. The van der Waals surface area contributed by atoms with Gasteiger partial charge in [0.05, 0.1) is 19.2 Å². The predicted octanol–water partition coefficient (Wildman–Crippen LogP) is 1.30. The average molecular weight is 265 g/mol. The number of phenols is 1. The summed E-state index contributed by atoms with van der Waals surface area (Å²) in [5.74, 6) is 0.451. The summed E-state index contributed by atoms with van der Waals surface area (Å²) in [5.41, 5.74) is 1.82.